The lowest BCUT2D eigenvalue weighted by molar-refractivity contribution is -0.217. The van der Waals surface area contributed by atoms with Gasteiger partial charge in [0.2, 0.25) is 0 Å². The van der Waals surface area contributed by atoms with Crippen molar-refractivity contribution in [1.29, 1.82) is 0 Å². The lowest BCUT2D eigenvalue weighted by Crippen LogP contribution is -2.11. The molecule has 0 aliphatic rings. The van der Waals surface area contributed by atoms with E-state index >= 15 is 0 Å². The van der Waals surface area contributed by atoms with Crippen LogP contribution in [0.5, 0.6) is 5.75 Å². The normalized spacial score (nSPS) is 14.5. The number of hydrogen-bond donors (Lipinski definition) is 0. The molecule has 4 nitrogen and oxygen atoms in total. The van der Waals surface area contributed by atoms with Gasteiger partial charge in [-0.05, 0) is 30.0 Å². The van der Waals surface area contributed by atoms with Crippen LogP contribution in [0.4, 0.5) is 0 Å². The summed E-state index contributed by atoms with van der Waals surface area (Å²) >= 11 is 0. The molecule has 102 valence electrons. The molecule has 1 aromatic rings. The van der Waals surface area contributed by atoms with Crippen molar-refractivity contribution >= 4 is 7.82 Å². The molecule has 18 heavy (non-hydrogen) atoms. The maximum atomic E-state index is 11.5. The van der Waals surface area contributed by atoms with Crippen LogP contribution in [0.3, 0.4) is 0 Å². The third-order valence-corrected chi connectivity index (χ3v) is 3.44. The summed E-state index contributed by atoms with van der Waals surface area (Å²) in [6.45, 7) is 6.27. The molecule has 0 spiro atoms. The number of rotatable bonds is 7. The van der Waals surface area contributed by atoms with Crippen LogP contribution in [-0.4, -0.2) is 6.61 Å². The summed E-state index contributed by atoms with van der Waals surface area (Å²) in [6, 6.07) is 6.99. The summed E-state index contributed by atoms with van der Waals surface area (Å²) in [4.78, 5) is 11.5. The van der Waals surface area contributed by atoms with Gasteiger partial charge >= 0.3 is 7.82 Å². The van der Waals surface area contributed by atoms with Crippen molar-refractivity contribution in [3.63, 3.8) is 0 Å². The van der Waals surface area contributed by atoms with E-state index < -0.39 is 7.82 Å². The van der Waals surface area contributed by atoms with Gasteiger partial charge in [-0.25, -0.2) is 0 Å². The Bertz CT molecular complexity index is 400. The Hall–Kier alpha value is -0.830. The van der Waals surface area contributed by atoms with Crippen LogP contribution in [0.25, 0.3) is 0 Å². The predicted molar refractivity (Wildman–Crippen MR) is 69.6 cm³/mol. The highest BCUT2D eigenvalue weighted by Crippen LogP contribution is 2.39. The molecule has 0 saturated heterocycles. The third kappa shape index (κ3) is 5.21. The van der Waals surface area contributed by atoms with Crippen LogP contribution in [0.2, 0.25) is 0 Å². The highest BCUT2D eigenvalue weighted by atomic mass is 31.2. The van der Waals surface area contributed by atoms with Crippen molar-refractivity contribution in [2.24, 2.45) is 0 Å². The standard InChI is InChI=1S/C13H21O4P/c1-4-5-10-16-18(14,15)17-13-8-6-12(7-9-13)11(2)3/h6-9,11H,4-5,10H2,1-3H3,(H,14,15)/p-1. The van der Waals surface area contributed by atoms with Crippen LogP contribution in [0.15, 0.2) is 24.3 Å². The maximum Gasteiger partial charge on any atom is 0.319 e. The Morgan fingerprint density at radius 3 is 2.39 bits per heavy atom. The molecular weight excluding hydrogens is 251 g/mol. The molecule has 0 saturated carbocycles. The van der Waals surface area contributed by atoms with Crippen molar-refractivity contribution in [2.75, 3.05) is 6.61 Å². The van der Waals surface area contributed by atoms with Gasteiger partial charge in [-0.1, -0.05) is 39.3 Å². The van der Waals surface area contributed by atoms with Crippen LogP contribution in [-0.2, 0) is 9.09 Å². The zero-order valence-corrected chi connectivity index (χ0v) is 12.0. The lowest BCUT2D eigenvalue weighted by atomic mass is 10.0. The fourth-order valence-electron chi connectivity index (χ4n) is 1.39. The number of unbranched alkanes of at least 4 members (excludes halogenated alkanes) is 1. The molecule has 0 aliphatic heterocycles. The topological polar surface area (TPSA) is 58.6 Å². The maximum absolute atomic E-state index is 11.5. The van der Waals surface area contributed by atoms with E-state index in [1.165, 1.54) is 0 Å². The first kappa shape index (κ1) is 15.2. The van der Waals surface area contributed by atoms with Crippen molar-refractivity contribution < 1.29 is 18.5 Å². The third-order valence-electron chi connectivity index (χ3n) is 2.51. The first-order valence-corrected chi connectivity index (χ1v) is 7.66. The lowest BCUT2D eigenvalue weighted by Gasteiger charge is -2.23. The molecular formula is C13H20O4P-. The molecule has 0 bridgehead atoms. The Labute approximate surface area is 109 Å². The second kappa shape index (κ2) is 6.93. The van der Waals surface area contributed by atoms with E-state index in [9.17, 15) is 9.46 Å². The van der Waals surface area contributed by atoms with Gasteiger partial charge in [-0.15, -0.1) is 0 Å². The number of hydrogen-bond acceptors (Lipinski definition) is 4. The molecule has 0 heterocycles. The zero-order chi connectivity index (χ0) is 13.6. The number of phosphoric ester groups is 1. The number of benzene rings is 1. The van der Waals surface area contributed by atoms with E-state index in [2.05, 4.69) is 13.8 Å². The van der Waals surface area contributed by atoms with Gasteiger partial charge in [0.1, 0.15) is 5.75 Å². The minimum atomic E-state index is -4.23. The molecule has 1 unspecified atom stereocenters. The van der Waals surface area contributed by atoms with Gasteiger partial charge < -0.3 is 13.9 Å². The van der Waals surface area contributed by atoms with Crippen molar-refractivity contribution in [3.8, 4) is 5.75 Å². The summed E-state index contributed by atoms with van der Waals surface area (Å²) in [5.74, 6) is 0.688. The fraction of sp³-hybridized carbons (Fsp3) is 0.538. The largest absolute Gasteiger partial charge is 0.746 e. The smallest absolute Gasteiger partial charge is 0.319 e. The molecule has 1 aromatic carbocycles. The molecule has 1 atom stereocenters. The van der Waals surface area contributed by atoms with E-state index in [1.807, 2.05) is 19.1 Å². The molecule has 0 aromatic heterocycles. The zero-order valence-electron chi connectivity index (χ0n) is 11.1. The van der Waals surface area contributed by atoms with E-state index in [4.69, 9.17) is 9.05 Å². The van der Waals surface area contributed by atoms with E-state index in [0.717, 1.165) is 12.0 Å². The molecule has 0 N–H and O–H groups in total. The summed E-state index contributed by atoms with van der Waals surface area (Å²) < 4.78 is 21.1. The summed E-state index contributed by atoms with van der Waals surface area (Å²) in [6.07, 6.45) is 1.57. The quantitative estimate of drug-likeness (QED) is 0.562. The minimum Gasteiger partial charge on any atom is -0.746 e. The Balaban J connectivity index is 2.58. The van der Waals surface area contributed by atoms with Crippen LogP contribution < -0.4 is 9.42 Å². The van der Waals surface area contributed by atoms with E-state index in [0.29, 0.717) is 12.3 Å². The minimum absolute atomic E-state index is 0.168. The Morgan fingerprint density at radius 1 is 1.28 bits per heavy atom. The average Bonchev–Trinajstić information content (AvgIpc) is 2.29. The molecule has 0 fully saturated rings. The van der Waals surface area contributed by atoms with Gasteiger partial charge in [0.25, 0.3) is 0 Å². The van der Waals surface area contributed by atoms with Gasteiger partial charge in [0.05, 0.1) is 6.61 Å². The van der Waals surface area contributed by atoms with Crippen LogP contribution in [0, 0.1) is 0 Å². The SMILES string of the molecule is CCCCOP(=O)([O-])Oc1ccc(C(C)C)cc1. The fourth-order valence-corrected chi connectivity index (χ4v) is 2.18. The van der Waals surface area contributed by atoms with Crippen LogP contribution in [0.1, 0.15) is 45.1 Å². The van der Waals surface area contributed by atoms with Crippen molar-refractivity contribution in [1.82, 2.24) is 0 Å². The van der Waals surface area contributed by atoms with Gasteiger partial charge in [0.15, 0.2) is 0 Å². The van der Waals surface area contributed by atoms with Gasteiger partial charge in [-0.2, -0.15) is 0 Å². The van der Waals surface area contributed by atoms with Crippen LogP contribution >= 0.6 is 7.82 Å². The molecule has 0 amide bonds. The summed E-state index contributed by atoms with van der Waals surface area (Å²) in [7, 11) is -4.23. The summed E-state index contributed by atoms with van der Waals surface area (Å²) in [5, 5.41) is 0. The monoisotopic (exact) mass is 271 g/mol. The van der Waals surface area contributed by atoms with Gasteiger partial charge in [0, 0.05) is 0 Å². The van der Waals surface area contributed by atoms with Crippen molar-refractivity contribution in [3.05, 3.63) is 29.8 Å². The molecule has 5 heteroatoms. The second-order valence-electron chi connectivity index (χ2n) is 4.45. The Morgan fingerprint density at radius 2 is 1.89 bits per heavy atom. The first-order valence-electron chi connectivity index (χ1n) is 6.19. The van der Waals surface area contributed by atoms with E-state index in [1.54, 1.807) is 12.1 Å². The predicted octanol–water partition coefficient (Wildman–Crippen LogP) is 3.47. The molecule has 0 radical (unpaired) electrons. The van der Waals surface area contributed by atoms with Crippen molar-refractivity contribution in [2.45, 2.75) is 39.5 Å². The second-order valence-corrected chi connectivity index (χ2v) is 5.78. The molecule has 1 rings (SSSR count). The first-order chi connectivity index (χ1) is 8.44. The average molecular weight is 271 g/mol. The van der Waals surface area contributed by atoms with E-state index in [-0.39, 0.29) is 12.4 Å². The number of phosphoric acid groups is 1. The highest BCUT2D eigenvalue weighted by Gasteiger charge is 2.11. The summed E-state index contributed by atoms with van der Waals surface area (Å²) in [5.41, 5.74) is 1.13. The van der Waals surface area contributed by atoms with Gasteiger partial charge in [-0.3, -0.25) is 4.57 Å². The Kier molecular flexibility index (Phi) is 5.86. The highest BCUT2D eigenvalue weighted by molar-refractivity contribution is 7.46. The molecule has 0 aliphatic carbocycles.